The molecule has 0 aromatic heterocycles. The van der Waals surface area contributed by atoms with Crippen LogP contribution in [0.15, 0.2) is 0 Å². The quantitative estimate of drug-likeness (QED) is 0.604. The molecular weight excluding hydrogens is 204 g/mol. The minimum absolute atomic E-state index is 0.134. The van der Waals surface area contributed by atoms with Crippen molar-refractivity contribution in [1.82, 2.24) is 9.62 Å². The van der Waals surface area contributed by atoms with Crippen molar-refractivity contribution in [3.63, 3.8) is 0 Å². The highest BCUT2D eigenvalue weighted by atomic mass is 32.2. The SMILES string of the molecule is CCS(=O)(=O)NCCN(C)CCOC. The molecule has 0 saturated heterocycles. The summed E-state index contributed by atoms with van der Waals surface area (Å²) in [6, 6.07) is 0. The maximum absolute atomic E-state index is 11.0. The van der Waals surface area contributed by atoms with Crippen LogP contribution in [-0.4, -0.2) is 59.5 Å². The lowest BCUT2D eigenvalue weighted by atomic mass is 10.5. The number of hydrogen-bond acceptors (Lipinski definition) is 4. The second-order valence-corrected chi connectivity index (χ2v) is 5.19. The van der Waals surface area contributed by atoms with Crippen molar-refractivity contribution in [2.75, 3.05) is 46.2 Å². The Kier molecular flexibility index (Phi) is 7.08. The van der Waals surface area contributed by atoms with Crippen molar-refractivity contribution in [2.45, 2.75) is 6.92 Å². The van der Waals surface area contributed by atoms with Crippen LogP contribution in [0.1, 0.15) is 6.92 Å². The molecule has 5 nitrogen and oxygen atoms in total. The Morgan fingerprint density at radius 2 is 2.00 bits per heavy atom. The molecule has 0 aromatic rings. The number of rotatable bonds is 8. The Bertz CT molecular complexity index is 229. The lowest BCUT2D eigenvalue weighted by molar-refractivity contribution is 0.162. The van der Waals surface area contributed by atoms with Gasteiger partial charge in [-0.2, -0.15) is 0 Å². The fourth-order valence-corrected chi connectivity index (χ4v) is 1.46. The van der Waals surface area contributed by atoms with Gasteiger partial charge in [0.2, 0.25) is 10.0 Å². The second kappa shape index (κ2) is 7.17. The van der Waals surface area contributed by atoms with E-state index in [1.807, 2.05) is 11.9 Å². The molecule has 0 saturated carbocycles. The molecule has 14 heavy (non-hydrogen) atoms. The summed E-state index contributed by atoms with van der Waals surface area (Å²) in [6.07, 6.45) is 0. The van der Waals surface area contributed by atoms with Gasteiger partial charge in [-0.1, -0.05) is 0 Å². The van der Waals surface area contributed by atoms with E-state index in [0.717, 1.165) is 6.54 Å². The van der Waals surface area contributed by atoms with Crippen LogP contribution in [0.25, 0.3) is 0 Å². The van der Waals surface area contributed by atoms with Crippen LogP contribution >= 0.6 is 0 Å². The van der Waals surface area contributed by atoms with Gasteiger partial charge in [0.1, 0.15) is 0 Å². The Morgan fingerprint density at radius 3 is 2.50 bits per heavy atom. The summed E-state index contributed by atoms with van der Waals surface area (Å²) in [5, 5.41) is 0. The van der Waals surface area contributed by atoms with Crippen molar-refractivity contribution >= 4 is 10.0 Å². The number of hydrogen-bond donors (Lipinski definition) is 1. The molecule has 0 atom stereocenters. The van der Waals surface area contributed by atoms with Crippen LogP contribution in [0.5, 0.6) is 0 Å². The highest BCUT2D eigenvalue weighted by Gasteiger charge is 2.05. The average molecular weight is 224 g/mol. The standard InChI is InChI=1S/C8H20N2O3S/c1-4-14(11,12)9-5-6-10(2)7-8-13-3/h9H,4-8H2,1-3H3. The molecule has 0 heterocycles. The van der Waals surface area contributed by atoms with Gasteiger partial charge in [-0.3, -0.25) is 0 Å². The molecule has 0 bridgehead atoms. The van der Waals surface area contributed by atoms with Gasteiger partial charge < -0.3 is 9.64 Å². The van der Waals surface area contributed by atoms with Crippen LogP contribution in [0.2, 0.25) is 0 Å². The molecule has 0 unspecified atom stereocenters. The third kappa shape index (κ3) is 7.25. The van der Waals surface area contributed by atoms with Crippen molar-refractivity contribution in [3.05, 3.63) is 0 Å². The smallest absolute Gasteiger partial charge is 0.211 e. The molecule has 86 valence electrons. The van der Waals surface area contributed by atoms with E-state index < -0.39 is 10.0 Å². The second-order valence-electron chi connectivity index (χ2n) is 3.09. The topological polar surface area (TPSA) is 58.6 Å². The van der Waals surface area contributed by atoms with Gasteiger partial charge in [-0.15, -0.1) is 0 Å². The van der Waals surface area contributed by atoms with E-state index >= 15 is 0 Å². The van der Waals surface area contributed by atoms with Gasteiger partial charge in [0.05, 0.1) is 12.4 Å². The van der Waals surface area contributed by atoms with Gasteiger partial charge in [-0.25, -0.2) is 13.1 Å². The van der Waals surface area contributed by atoms with Crippen LogP contribution in [0.4, 0.5) is 0 Å². The number of ether oxygens (including phenoxy) is 1. The molecule has 0 aliphatic carbocycles. The summed E-state index contributed by atoms with van der Waals surface area (Å²) in [6.45, 7) is 4.25. The normalized spacial score (nSPS) is 12.3. The van der Waals surface area contributed by atoms with E-state index in [1.165, 1.54) is 0 Å². The molecule has 0 aromatic carbocycles. The van der Waals surface area contributed by atoms with E-state index in [2.05, 4.69) is 4.72 Å². The zero-order valence-corrected chi connectivity index (χ0v) is 9.93. The summed E-state index contributed by atoms with van der Waals surface area (Å²) in [5.41, 5.74) is 0. The largest absolute Gasteiger partial charge is 0.383 e. The summed E-state index contributed by atoms with van der Waals surface area (Å²) >= 11 is 0. The minimum atomic E-state index is -3.04. The maximum Gasteiger partial charge on any atom is 0.211 e. The lowest BCUT2D eigenvalue weighted by Gasteiger charge is -2.15. The van der Waals surface area contributed by atoms with E-state index in [1.54, 1.807) is 14.0 Å². The van der Waals surface area contributed by atoms with Gasteiger partial charge in [-0.05, 0) is 14.0 Å². The molecule has 0 aliphatic rings. The summed E-state index contributed by atoms with van der Waals surface area (Å²) in [4.78, 5) is 2.02. The molecular formula is C8H20N2O3S. The zero-order chi connectivity index (χ0) is 11.0. The molecule has 0 rings (SSSR count). The first-order chi connectivity index (χ1) is 6.52. The summed E-state index contributed by atoms with van der Waals surface area (Å²) < 4.78 is 29.5. The van der Waals surface area contributed by atoms with Crippen LogP contribution in [0.3, 0.4) is 0 Å². The Labute approximate surface area is 86.5 Å². The Balaban J connectivity index is 3.54. The zero-order valence-electron chi connectivity index (χ0n) is 9.12. The lowest BCUT2D eigenvalue weighted by Crippen LogP contribution is -2.35. The number of methoxy groups -OCH3 is 1. The van der Waals surface area contributed by atoms with Crippen molar-refractivity contribution in [1.29, 1.82) is 0 Å². The van der Waals surface area contributed by atoms with Crippen molar-refractivity contribution in [2.24, 2.45) is 0 Å². The molecule has 6 heteroatoms. The number of nitrogens with zero attached hydrogens (tertiary/aromatic N) is 1. The predicted molar refractivity (Wildman–Crippen MR) is 56.8 cm³/mol. The molecule has 0 fully saturated rings. The van der Waals surface area contributed by atoms with E-state index in [4.69, 9.17) is 4.74 Å². The third-order valence-corrected chi connectivity index (χ3v) is 3.28. The maximum atomic E-state index is 11.0. The highest BCUT2D eigenvalue weighted by Crippen LogP contribution is 1.84. The Morgan fingerprint density at radius 1 is 1.36 bits per heavy atom. The predicted octanol–water partition coefficient (Wildman–Crippen LogP) is -0.496. The molecule has 0 spiro atoms. The summed E-state index contributed by atoms with van der Waals surface area (Å²) in [5.74, 6) is 0.134. The minimum Gasteiger partial charge on any atom is -0.383 e. The van der Waals surface area contributed by atoms with E-state index in [-0.39, 0.29) is 5.75 Å². The number of nitrogens with one attached hydrogen (secondary N) is 1. The van der Waals surface area contributed by atoms with Gasteiger partial charge >= 0.3 is 0 Å². The third-order valence-electron chi connectivity index (χ3n) is 1.87. The fourth-order valence-electron chi connectivity index (χ4n) is 0.853. The van der Waals surface area contributed by atoms with Crippen LogP contribution < -0.4 is 4.72 Å². The van der Waals surface area contributed by atoms with Crippen molar-refractivity contribution < 1.29 is 13.2 Å². The van der Waals surface area contributed by atoms with Crippen molar-refractivity contribution in [3.8, 4) is 0 Å². The van der Waals surface area contributed by atoms with E-state index in [0.29, 0.717) is 19.7 Å². The van der Waals surface area contributed by atoms with Gasteiger partial charge in [0.25, 0.3) is 0 Å². The molecule has 1 N–H and O–H groups in total. The molecule has 0 radical (unpaired) electrons. The van der Waals surface area contributed by atoms with Crippen LogP contribution in [0, 0.1) is 0 Å². The highest BCUT2D eigenvalue weighted by molar-refractivity contribution is 7.89. The van der Waals surface area contributed by atoms with E-state index in [9.17, 15) is 8.42 Å². The molecule has 0 amide bonds. The average Bonchev–Trinajstić information content (AvgIpc) is 2.14. The first-order valence-corrected chi connectivity index (χ1v) is 6.32. The van der Waals surface area contributed by atoms with Gasteiger partial charge in [0, 0.05) is 26.7 Å². The number of likely N-dealkylation sites (N-methyl/N-ethyl adjacent to an activating group) is 1. The number of sulfonamides is 1. The summed E-state index contributed by atoms with van der Waals surface area (Å²) in [7, 11) is 0.533. The first kappa shape index (κ1) is 13.8. The van der Waals surface area contributed by atoms with Gasteiger partial charge in [0.15, 0.2) is 0 Å². The fraction of sp³-hybridized carbons (Fsp3) is 1.00. The molecule has 0 aliphatic heterocycles. The Hall–Kier alpha value is -0.170. The first-order valence-electron chi connectivity index (χ1n) is 4.66. The monoisotopic (exact) mass is 224 g/mol. The van der Waals surface area contributed by atoms with Crippen LogP contribution in [-0.2, 0) is 14.8 Å².